The molecule has 2 aromatic rings. The Labute approximate surface area is 159 Å². The van der Waals surface area contributed by atoms with Crippen molar-refractivity contribution in [2.75, 3.05) is 0 Å². The fourth-order valence-corrected chi connectivity index (χ4v) is 3.57. The number of carbonyl (C=O) groups excluding carboxylic acids is 2. The number of hydrogen-bond donors (Lipinski definition) is 0. The highest BCUT2D eigenvalue weighted by molar-refractivity contribution is 9.10. The Bertz CT molecular complexity index is 850. The van der Waals surface area contributed by atoms with E-state index in [0.717, 1.165) is 29.3 Å². The fraction of sp³-hybridized carbons (Fsp3) is 0.300. The molecule has 2 heterocycles. The normalized spacial score (nSPS) is 19.2. The highest BCUT2D eigenvalue weighted by Gasteiger charge is 2.46. The minimum Gasteiger partial charge on any atom is -0.457 e. The van der Waals surface area contributed by atoms with Crippen molar-refractivity contribution < 1.29 is 23.5 Å². The van der Waals surface area contributed by atoms with Crippen LogP contribution in [0.2, 0.25) is 0 Å². The van der Waals surface area contributed by atoms with E-state index in [1.54, 1.807) is 12.1 Å². The Hall–Kier alpha value is -2.34. The molecule has 1 aliphatic carbocycles. The van der Waals surface area contributed by atoms with Gasteiger partial charge in [0, 0.05) is 29.0 Å². The van der Waals surface area contributed by atoms with Gasteiger partial charge in [-0.1, -0.05) is 34.5 Å². The summed E-state index contributed by atoms with van der Waals surface area (Å²) in [4.78, 5) is 24.7. The van der Waals surface area contributed by atoms with Crippen LogP contribution in [-0.4, -0.2) is 17.7 Å². The predicted octanol–water partition coefficient (Wildman–Crippen LogP) is 4.85. The van der Waals surface area contributed by atoms with Gasteiger partial charge in [0.1, 0.15) is 17.1 Å². The summed E-state index contributed by atoms with van der Waals surface area (Å²) in [6.45, 7) is 0. The van der Waals surface area contributed by atoms with Crippen LogP contribution in [0.4, 0.5) is 0 Å². The number of hydrogen-bond acceptors (Lipinski definition) is 5. The molecule has 1 spiro atoms. The number of benzene rings is 1. The topological polar surface area (TPSA) is 65.7 Å². The van der Waals surface area contributed by atoms with Crippen molar-refractivity contribution in [2.24, 2.45) is 0 Å². The molecule has 1 saturated carbocycles. The molecule has 1 aliphatic heterocycles. The van der Waals surface area contributed by atoms with E-state index in [2.05, 4.69) is 15.9 Å². The van der Waals surface area contributed by atoms with Crippen LogP contribution in [0.5, 0.6) is 0 Å². The first kappa shape index (κ1) is 17.1. The number of furan rings is 1. The summed E-state index contributed by atoms with van der Waals surface area (Å²) in [6, 6.07) is 11.1. The third-order valence-corrected chi connectivity index (χ3v) is 5.18. The lowest BCUT2D eigenvalue weighted by atomic mass is 9.93. The highest BCUT2D eigenvalue weighted by atomic mass is 79.9. The minimum atomic E-state index is -1.07. The summed E-state index contributed by atoms with van der Waals surface area (Å²) in [6.07, 6.45) is 5.33. The molecule has 4 rings (SSSR count). The first-order chi connectivity index (χ1) is 12.5. The van der Waals surface area contributed by atoms with Crippen LogP contribution in [0.25, 0.3) is 17.4 Å². The summed E-state index contributed by atoms with van der Waals surface area (Å²) in [5.74, 6) is -1.33. The molecule has 0 bridgehead atoms. The SMILES string of the molecule is O=C1OC2(CCCCC2)OC(=O)C1=Cc1ccc(-c2ccc(Br)cc2)o1. The van der Waals surface area contributed by atoms with Gasteiger partial charge >= 0.3 is 11.9 Å². The molecule has 0 atom stereocenters. The van der Waals surface area contributed by atoms with Crippen molar-refractivity contribution >= 4 is 33.9 Å². The zero-order valence-electron chi connectivity index (χ0n) is 14.0. The molecule has 2 aliphatic rings. The monoisotopic (exact) mass is 416 g/mol. The summed E-state index contributed by atoms with van der Waals surface area (Å²) < 4.78 is 17.7. The Morgan fingerprint density at radius 2 is 1.54 bits per heavy atom. The van der Waals surface area contributed by atoms with Gasteiger partial charge < -0.3 is 13.9 Å². The lowest BCUT2D eigenvalue weighted by Crippen LogP contribution is -2.47. The smallest absolute Gasteiger partial charge is 0.349 e. The van der Waals surface area contributed by atoms with Crippen molar-refractivity contribution in [3.63, 3.8) is 0 Å². The number of halogens is 1. The molecule has 5 nitrogen and oxygen atoms in total. The third kappa shape index (κ3) is 3.33. The Morgan fingerprint density at radius 1 is 0.885 bits per heavy atom. The van der Waals surface area contributed by atoms with E-state index in [1.807, 2.05) is 24.3 Å². The molecule has 2 fully saturated rings. The number of carbonyl (C=O) groups is 2. The molecule has 0 unspecified atom stereocenters. The molecule has 0 radical (unpaired) electrons. The summed E-state index contributed by atoms with van der Waals surface area (Å²) >= 11 is 3.39. The van der Waals surface area contributed by atoms with Crippen LogP contribution >= 0.6 is 15.9 Å². The van der Waals surface area contributed by atoms with E-state index in [0.29, 0.717) is 24.4 Å². The van der Waals surface area contributed by atoms with Crippen molar-refractivity contribution in [3.8, 4) is 11.3 Å². The molecule has 0 N–H and O–H groups in total. The van der Waals surface area contributed by atoms with Gasteiger partial charge in [-0.2, -0.15) is 0 Å². The lowest BCUT2D eigenvalue weighted by molar-refractivity contribution is -0.244. The van der Waals surface area contributed by atoms with Crippen molar-refractivity contribution in [1.82, 2.24) is 0 Å². The second kappa shape index (κ2) is 6.76. The van der Waals surface area contributed by atoms with Gasteiger partial charge in [0.15, 0.2) is 0 Å². The lowest BCUT2D eigenvalue weighted by Gasteiger charge is -2.38. The summed E-state index contributed by atoms with van der Waals surface area (Å²) in [5.41, 5.74) is 0.755. The summed E-state index contributed by atoms with van der Waals surface area (Å²) in [5, 5.41) is 0. The Balaban J connectivity index is 1.56. The maximum Gasteiger partial charge on any atom is 0.349 e. The highest BCUT2D eigenvalue weighted by Crippen LogP contribution is 2.37. The van der Waals surface area contributed by atoms with Crippen LogP contribution in [0, 0.1) is 0 Å². The third-order valence-electron chi connectivity index (χ3n) is 4.65. The van der Waals surface area contributed by atoms with E-state index in [4.69, 9.17) is 13.9 Å². The number of esters is 2. The second-order valence-corrected chi connectivity index (χ2v) is 7.43. The van der Waals surface area contributed by atoms with Gasteiger partial charge in [-0.3, -0.25) is 0 Å². The standard InChI is InChI=1S/C20H17BrO5/c21-14-6-4-13(5-7-14)17-9-8-15(24-17)12-16-18(22)25-20(26-19(16)23)10-2-1-3-11-20/h4-9,12H,1-3,10-11H2. The number of ether oxygens (including phenoxy) is 2. The molecule has 1 aromatic carbocycles. The van der Waals surface area contributed by atoms with E-state index in [1.165, 1.54) is 6.08 Å². The second-order valence-electron chi connectivity index (χ2n) is 6.52. The van der Waals surface area contributed by atoms with Gasteiger partial charge in [0.05, 0.1) is 0 Å². The Morgan fingerprint density at radius 3 is 2.19 bits per heavy atom. The molecule has 26 heavy (non-hydrogen) atoms. The molecule has 134 valence electrons. The molecule has 0 amide bonds. The van der Waals surface area contributed by atoms with E-state index in [9.17, 15) is 9.59 Å². The van der Waals surface area contributed by atoms with Crippen LogP contribution in [0.3, 0.4) is 0 Å². The van der Waals surface area contributed by atoms with Crippen molar-refractivity contribution in [2.45, 2.75) is 37.9 Å². The van der Waals surface area contributed by atoms with Crippen LogP contribution in [-0.2, 0) is 19.1 Å². The van der Waals surface area contributed by atoms with E-state index < -0.39 is 17.7 Å². The first-order valence-electron chi connectivity index (χ1n) is 8.59. The average molecular weight is 417 g/mol. The predicted molar refractivity (Wildman–Crippen MR) is 97.8 cm³/mol. The molecule has 6 heteroatoms. The van der Waals surface area contributed by atoms with E-state index >= 15 is 0 Å². The largest absolute Gasteiger partial charge is 0.457 e. The van der Waals surface area contributed by atoms with Crippen molar-refractivity contribution in [3.05, 3.63) is 52.2 Å². The average Bonchev–Trinajstić information content (AvgIpc) is 3.08. The van der Waals surface area contributed by atoms with Crippen LogP contribution in [0.1, 0.15) is 37.9 Å². The minimum absolute atomic E-state index is 0.141. The van der Waals surface area contributed by atoms with Gasteiger partial charge in [-0.05, 0) is 37.1 Å². The van der Waals surface area contributed by atoms with Crippen LogP contribution in [0.15, 0.2) is 50.9 Å². The first-order valence-corrected chi connectivity index (χ1v) is 9.38. The Kier molecular flexibility index (Phi) is 4.44. The van der Waals surface area contributed by atoms with E-state index in [-0.39, 0.29) is 5.57 Å². The van der Waals surface area contributed by atoms with Crippen LogP contribution < -0.4 is 0 Å². The van der Waals surface area contributed by atoms with Gasteiger partial charge in [-0.25, -0.2) is 9.59 Å². The van der Waals surface area contributed by atoms with Crippen molar-refractivity contribution in [1.29, 1.82) is 0 Å². The quantitative estimate of drug-likeness (QED) is 0.397. The molecule has 1 aromatic heterocycles. The molecular formula is C20H17BrO5. The number of rotatable bonds is 2. The van der Waals surface area contributed by atoms with Gasteiger partial charge in [0.2, 0.25) is 0 Å². The summed E-state index contributed by atoms with van der Waals surface area (Å²) in [7, 11) is 0. The van der Waals surface area contributed by atoms with Gasteiger partial charge in [-0.15, -0.1) is 0 Å². The maximum absolute atomic E-state index is 12.4. The van der Waals surface area contributed by atoms with Gasteiger partial charge in [0.25, 0.3) is 5.79 Å². The zero-order valence-corrected chi connectivity index (χ0v) is 15.6. The molecular weight excluding hydrogens is 400 g/mol. The molecule has 1 saturated heterocycles. The zero-order chi connectivity index (χ0) is 18.1. The fourth-order valence-electron chi connectivity index (χ4n) is 3.31. The maximum atomic E-state index is 12.4.